The molecule has 1 atom stereocenters. The molecule has 4 N–H and O–H groups in total. The number of nitrogens with zero attached hydrogens (tertiary/aromatic N) is 3. The van der Waals surface area contributed by atoms with Crippen molar-refractivity contribution in [3.05, 3.63) is 30.1 Å². The molecule has 2 rings (SSSR count). The number of aliphatic hydroxyl groups excluding tert-OH is 1. The number of ether oxygens (including phenoxy) is 1. The van der Waals surface area contributed by atoms with Gasteiger partial charge in [0.1, 0.15) is 0 Å². The lowest BCUT2D eigenvalue weighted by Crippen LogP contribution is -2.48. The van der Waals surface area contributed by atoms with Gasteiger partial charge in [0, 0.05) is 50.1 Å². The lowest BCUT2D eigenvalue weighted by atomic mass is 10.0. The van der Waals surface area contributed by atoms with Crippen LogP contribution in [0.1, 0.15) is 25.5 Å². The highest BCUT2D eigenvalue weighted by Crippen LogP contribution is 2.11. The number of nitrogens with one attached hydrogen (secondary N) is 1. The molecular formula is C18H29N5O3. The van der Waals surface area contributed by atoms with Gasteiger partial charge >= 0.3 is 6.09 Å². The zero-order valence-electron chi connectivity index (χ0n) is 15.3. The minimum Gasteiger partial charge on any atom is -0.450 e. The number of hydrogen-bond acceptors (Lipinski definition) is 5. The summed E-state index contributed by atoms with van der Waals surface area (Å²) in [5.74, 6) is 0.356. The van der Waals surface area contributed by atoms with E-state index in [-0.39, 0.29) is 24.7 Å². The topological polar surface area (TPSA) is 113 Å². The summed E-state index contributed by atoms with van der Waals surface area (Å²) in [7, 11) is 0. The zero-order chi connectivity index (χ0) is 18.8. The number of piperidine rings is 1. The predicted octanol–water partition coefficient (Wildman–Crippen LogP) is 0.758. The highest BCUT2D eigenvalue weighted by Gasteiger charge is 2.23. The molecule has 0 saturated carbocycles. The summed E-state index contributed by atoms with van der Waals surface area (Å²) in [5.41, 5.74) is 6.91. The molecule has 1 saturated heterocycles. The summed E-state index contributed by atoms with van der Waals surface area (Å²) in [5, 5.41) is 12.7. The van der Waals surface area contributed by atoms with Crippen LogP contribution in [0.5, 0.6) is 0 Å². The standard InChI is InChI=1S/C18H29N5O3/c1-2-26-18(25)23-9-6-15(7-10-23)22-17(19)21-12-14(13-24)11-16-5-3-4-8-20-16/h3-5,8,14-15,24H,2,6-7,9-13H2,1H3,(H3,19,21,22). The first-order valence-corrected chi connectivity index (χ1v) is 9.11. The second-order valence-corrected chi connectivity index (χ2v) is 6.40. The summed E-state index contributed by atoms with van der Waals surface area (Å²) in [6.07, 6.45) is 3.74. The molecule has 26 heavy (non-hydrogen) atoms. The highest BCUT2D eigenvalue weighted by atomic mass is 16.6. The van der Waals surface area contributed by atoms with E-state index in [1.807, 2.05) is 18.2 Å². The van der Waals surface area contributed by atoms with E-state index in [2.05, 4.69) is 15.3 Å². The number of guanidine groups is 1. The zero-order valence-corrected chi connectivity index (χ0v) is 15.3. The molecule has 1 unspecified atom stereocenters. The van der Waals surface area contributed by atoms with Crippen molar-refractivity contribution >= 4 is 12.1 Å². The Morgan fingerprint density at radius 1 is 1.50 bits per heavy atom. The van der Waals surface area contributed by atoms with Crippen molar-refractivity contribution < 1.29 is 14.6 Å². The van der Waals surface area contributed by atoms with E-state index in [1.54, 1.807) is 18.0 Å². The van der Waals surface area contributed by atoms with E-state index in [0.717, 1.165) is 18.5 Å². The van der Waals surface area contributed by atoms with Gasteiger partial charge in [-0.2, -0.15) is 0 Å². The van der Waals surface area contributed by atoms with Crippen molar-refractivity contribution in [2.24, 2.45) is 16.6 Å². The number of carbonyl (C=O) groups is 1. The molecule has 0 bridgehead atoms. The Morgan fingerprint density at radius 3 is 2.88 bits per heavy atom. The molecule has 1 aliphatic heterocycles. The maximum absolute atomic E-state index is 11.7. The Kier molecular flexibility index (Phi) is 8.14. The molecule has 8 nitrogen and oxygen atoms in total. The Morgan fingerprint density at radius 2 is 2.27 bits per heavy atom. The Balaban J connectivity index is 1.74. The van der Waals surface area contributed by atoms with Gasteiger partial charge in [-0.15, -0.1) is 0 Å². The van der Waals surface area contributed by atoms with Crippen LogP contribution in [0.25, 0.3) is 0 Å². The second kappa shape index (κ2) is 10.6. The number of carbonyl (C=O) groups excluding carboxylic acids is 1. The molecule has 2 heterocycles. The van der Waals surface area contributed by atoms with E-state index in [1.165, 1.54) is 0 Å². The minimum atomic E-state index is -0.257. The molecule has 0 radical (unpaired) electrons. The molecule has 1 amide bonds. The number of hydrogen-bond donors (Lipinski definition) is 3. The van der Waals surface area contributed by atoms with Crippen LogP contribution in [0.4, 0.5) is 4.79 Å². The van der Waals surface area contributed by atoms with Gasteiger partial charge < -0.3 is 25.8 Å². The van der Waals surface area contributed by atoms with Crippen LogP contribution in [-0.4, -0.2) is 65.9 Å². The molecule has 1 fully saturated rings. The smallest absolute Gasteiger partial charge is 0.409 e. The van der Waals surface area contributed by atoms with Gasteiger partial charge in [0.25, 0.3) is 0 Å². The van der Waals surface area contributed by atoms with Crippen LogP contribution in [0, 0.1) is 5.92 Å². The molecule has 0 aromatic carbocycles. The SMILES string of the molecule is CCOC(=O)N1CCC(NC(N)=NCC(CO)Cc2ccccn2)CC1. The fourth-order valence-electron chi connectivity index (χ4n) is 2.90. The third-order valence-corrected chi connectivity index (χ3v) is 4.37. The average Bonchev–Trinajstić information content (AvgIpc) is 2.66. The minimum absolute atomic E-state index is 0.0177. The monoisotopic (exact) mass is 363 g/mol. The summed E-state index contributed by atoms with van der Waals surface area (Å²) < 4.78 is 5.01. The first-order chi connectivity index (χ1) is 12.6. The Labute approximate surface area is 154 Å². The lowest BCUT2D eigenvalue weighted by Gasteiger charge is -2.31. The first kappa shape index (κ1) is 20.0. The van der Waals surface area contributed by atoms with Gasteiger partial charge in [-0.3, -0.25) is 9.98 Å². The quantitative estimate of drug-likeness (QED) is 0.487. The largest absolute Gasteiger partial charge is 0.450 e. The summed E-state index contributed by atoms with van der Waals surface area (Å²) in [6.45, 7) is 3.95. The summed E-state index contributed by atoms with van der Waals surface area (Å²) in [6, 6.07) is 5.92. The third kappa shape index (κ3) is 6.51. The van der Waals surface area contributed by atoms with Crippen molar-refractivity contribution in [2.45, 2.75) is 32.2 Å². The maximum Gasteiger partial charge on any atom is 0.409 e. The van der Waals surface area contributed by atoms with Crippen LogP contribution in [0.2, 0.25) is 0 Å². The average molecular weight is 363 g/mol. The van der Waals surface area contributed by atoms with Gasteiger partial charge in [-0.25, -0.2) is 4.79 Å². The number of pyridine rings is 1. The number of aliphatic hydroxyl groups is 1. The van der Waals surface area contributed by atoms with E-state index < -0.39 is 0 Å². The van der Waals surface area contributed by atoms with Crippen LogP contribution < -0.4 is 11.1 Å². The number of amides is 1. The predicted molar refractivity (Wildman–Crippen MR) is 99.8 cm³/mol. The number of aliphatic imine (C=N–C) groups is 1. The number of rotatable bonds is 7. The van der Waals surface area contributed by atoms with Gasteiger partial charge in [0.05, 0.1) is 6.61 Å². The van der Waals surface area contributed by atoms with Gasteiger partial charge in [0.15, 0.2) is 5.96 Å². The van der Waals surface area contributed by atoms with E-state index in [4.69, 9.17) is 10.5 Å². The van der Waals surface area contributed by atoms with Crippen molar-refractivity contribution in [1.29, 1.82) is 0 Å². The highest BCUT2D eigenvalue weighted by molar-refractivity contribution is 5.78. The molecule has 8 heteroatoms. The van der Waals surface area contributed by atoms with E-state index >= 15 is 0 Å². The van der Waals surface area contributed by atoms with E-state index in [0.29, 0.717) is 38.6 Å². The molecule has 0 aliphatic carbocycles. The first-order valence-electron chi connectivity index (χ1n) is 9.11. The van der Waals surface area contributed by atoms with Gasteiger partial charge in [-0.1, -0.05) is 6.07 Å². The van der Waals surface area contributed by atoms with Crippen LogP contribution >= 0.6 is 0 Å². The fourth-order valence-corrected chi connectivity index (χ4v) is 2.90. The van der Waals surface area contributed by atoms with Gasteiger partial charge in [-0.05, 0) is 38.3 Å². The lowest BCUT2D eigenvalue weighted by molar-refractivity contribution is 0.0963. The number of nitrogens with two attached hydrogens (primary N) is 1. The molecule has 1 aliphatic rings. The maximum atomic E-state index is 11.7. The fraction of sp³-hybridized carbons (Fsp3) is 0.611. The van der Waals surface area contributed by atoms with Crippen molar-refractivity contribution in [3.8, 4) is 0 Å². The normalized spacial score (nSPS) is 17.0. The number of likely N-dealkylation sites (tertiary alicyclic amines) is 1. The Bertz CT molecular complexity index is 573. The molecule has 1 aromatic heterocycles. The molecule has 144 valence electrons. The van der Waals surface area contributed by atoms with Crippen LogP contribution in [0.3, 0.4) is 0 Å². The van der Waals surface area contributed by atoms with Crippen LogP contribution in [0.15, 0.2) is 29.4 Å². The van der Waals surface area contributed by atoms with Crippen molar-refractivity contribution in [2.75, 3.05) is 32.8 Å². The van der Waals surface area contributed by atoms with Crippen molar-refractivity contribution in [1.82, 2.24) is 15.2 Å². The molecular weight excluding hydrogens is 334 g/mol. The molecule has 1 aromatic rings. The van der Waals surface area contributed by atoms with Crippen molar-refractivity contribution in [3.63, 3.8) is 0 Å². The third-order valence-electron chi connectivity index (χ3n) is 4.37. The van der Waals surface area contributed by atoms with Crippen LogP contribution in [-0.2, 0) is 11.2 Å². The Hall–Kier alpha value is -2.35. The summed E-state index contributed by atoms with van der Waals surface area (Å²) in [4.78, 5) is 22.0. The molecule has 0 spiro atoms. The summed E-state index contributed by atoms with van der Waals surface area (Å²) >= 11 is 0. The van der Waals surface area contributed by atoms with E-state index in [9.17, 15) is 9.90 Å². The number of aromatic nitrogens is 1. The second-order valence-electron chi connectivity index (χ2n) is 6.40. The van der Waals surface area contributed by atoms with Gasteiger partial charge in [0.2, 0.25) is 0 Å².